The lowest BCUT2D eigenvalue weighted by Crippen LogP contribution is -2.27. The van der Waals surface area contributed by atoms with Crippen LogP contribution < -0.4 is 10.1 Å². The van der Waals surface area contributed by atoms with Crippen molar-refractivity contribution in [3.05, 3.63) is 27.7 Å². The number of methoxy groups -OCH3 is 1. The summed E-state index contributed by atoms with van der Waals surface area (Å²) in [7, 11) is 1.53. The molecule has 0 aliphatic rings. The summed E-state index contributed by atoms with van der Waals surface area (Å²) in [5.74, 6) is 0.457. The Hall–Kier alpha value is -0.930. The number of nitrogens with one attached hydrogen (secondary N) is 1. The van der Waals surface area contributed by atoms with Crippen LogP contribution in [-0.2, 0) is 11.3 Å². The highest BCUT2D eigenvalue weighted by Crippen LogP contribution is 2.32. The molecule has 0 aliphatic heterocycles. The van der Waals surface area contributed by atoms with Crippen LogP contribution in [0.2, 0.25) is 10.0 Å². The third-order valence-corrected chi connectivity index (χ3v) is 2.77. The van der Waals surface area contributed by atoms with Crippen LogP contribution in [0, 0.1) is 5.92 Å². The van der Waals surface area contributed by atoms with Gasteiger partial charge in [0.05, 0.1) is 12.1 Å². The zero-order valence-corrected chi connectivity index (χ0v) is 11.5. The van der Waals surface area contributed by atoms with Crippen molar-refractivity contribution in [2.75, 3.05) is 7.11 Å². The van der Waals surface area contributed by atoms with Crippen molar-refractivity contribution in [3.8, 4) is 5.75 Å². The Kier molecular flexibility index (Phi) is 5.09. The molecule has 0 unspecified atom stereocenters. The molecule has 0 radical (unpaired) electrons. The highest BCUT2D eigenvalue weighted by molar-refractivity contribution is 6.35. The summed E-state index contributed by atoms with van der Waals surface area (Å²) in [5, 5.41) is 3.75. The van der Waals surface area contributed by atoms with Gasteiger partial charge in [0.2, 0.25) is 5.91 Å². The highest BCUT2D eigenvalue weighted by atomic mass is 35.5. The number of hydrogen-bond acceptors (Lipinski definition) is 2. The molecule has 0 atom stereocenters. The van der Waals surface area contributed by atoms with Crippen molar-refractivity contribution < 1.29 is 9.53 Å². The molecule has 0 fully saturated rings. The van der Waals surface area contributed by atoms with Crippen LogP contribution in [-0.4, -0.2) is 13.0 Å². The van der Waals surface area contributed by atoms with Gasteiger partial charge in [0.1, 0.15) is 5.75 Å². The topological polar surface area (TPSA) is 38.3 Å². The van der Waals surface area contributed by atoms with Crippen molar-refractivity contribution in [2.45, 2.75) is 20.4 Å². The van der Waals surface area contributed by atoms with Gasteiger partial charge in [-0.05, 0) is 12.1 Å². The summed E-state index contributed by atoms with van der Waals surface area (Å²) in [6.07, 6.45) is 0. The molecule has 0 saturated heterocycles. The minimum Gasteiger partial charge on any atom is -0.495 e. The summed E-state index contributed by atoms with van der Waals surface area (Å²) in [6, 6.07) is 3.34. The molecule has 1 aromatic carbocycles. The average Bonchev–Trinajstić information content (AvgIpc) is 2.24. The molecule has 0 aliphatic carbocycles. The van der Waals surface area contributed by atoms with E-state index in [9.17, 15) is 4.79 Å². The zero-order valence-electron chi connectivity index (χ0n) is 10.0. The van der Waals surface area contributed by atoms with Gasteiger partial charge in [-0.1, -0.05) is 37.0 Å². The normalized spacial score (nSPS) is 10.5. The van der Waals surface area contributed by atoms with Crippen LogP contribution in [0.5, 0.6) is 5.75 Å². The van der Waals surface area contributed by atoms with E-state index in [0.717, 1.165) is 5.56 Å². The Bertz CT molecular complexity index is 419. The highest BCUT2D eigenvalue weighted by Gasteiger charge is 2.12. The van der Waals surface area contributed by atoms with Crippen LogP contribution in [0.1, 0.15) is 19.4 Å². The number of amides is 1. The lowest BCUT2D eigenvalue weighted by molar-refractivity contribution is -0.124. The molecule has 1 amide bonds. The largest absolute Gasteiger partial charge is 0.495 e. The molecule has 1 N–H and O–H groups in total. The van der Waals surface area contributed by atoms with Gasteiger partial charge in [-0.3, -0.25) is 4.79 Å². The first-order valence-electron chi connectivity index (χ1n) is 5.25. The maximum atomic E-state index is 11.5. The molecule has 94 valence electrons. The number of carbonyl (C=O) groups excluding carboxylic acids is 1. The van der Waals surface area contributed by atoms with Gasteiger partial charge < -0.3 is 10.1 Å². The fraction of sp³-hybridized carbons (Fsp3) is 0.417. The van der Waals surface area contributed by atoms with Gasteiger partial charge in [0.15, 0.2) is 0 Å². The quantitative estimate of drug-likeness (QED) is 0.916. The van der Waals surface area contributed by atoms with E-state index in [0.29, 0.717) is 22.3 Å². The van der Waals surface area contributed by atoms with Gasteiger partial charge in [0.25, 0.3) is 0 Å². The third kappa shape index (κ3) is 3.79. The minimum atomic E-state index is -0.0596. The first-order chi connectivity index (χ1) is 7.95. The Balaban J connectivity index is 2.86. The van der Waals surface area contributed by atoms with E-state index < -0.39 is 0 Å². The third-order valence-electron chi connectivity index (χ3n) is 2.27. The van der Waals surface area contributed by atoms with Crippen LogP contribution in [0.25, 0.3) is 0 Å². The van der Waals surface area contributed by atoms with Crippen molar-refractivity contribution >= 4 is 29.1 Å². The number of ether oxygens (including phenoxy) is 1. The summed E-state index contributed by atoms with van der Waals surface area (Å²) in [4.78, 5) is 11.5. The van der Waals surface area contributed by atoms with Crippen molar-refractivity contribution in [1.82, 2.24) is 5.32 Å². The molecule has 1 rings (SSSR count). The van der Waals surface area contributed by atoms with Crippen LogP contribution in [0.15, 0.2) is 12.1 Å². The number of benzene rings is 1. The number of rotatable bonds is 4. The molecule has 0 bridgehead atoms. The molecule has 0 heterocycles. The van der Waals surface area contributed by atoms with Crippen molar-refractivity contribution in [3.63, 3.8) is 0 Å². The summed E-state index contributed by atoms with van der Waals surface area (Å²) >= 11 is 11.9. The van der Waals surface area contributed by atoms with Crippen molar-refractivity contribution in [1.29, 1.82) is 0 Å². The van der Waals surface area contributed by atoms with Crippen molar-refractivity contribution in [2.24, 2.45) is 5.92 Å². The standard InChI is InChI=1S/C12H15Cl2NO2/c1-7(2)12(16)15-6-8-4-9(13)5-10(14)11(8)17-3/h4-5,7H,6H2,1-3H3,(H,15,16). The van der Waals surface area contributed by atoms with Gasteiger partial charge in [-0.2, -0.15) is 0 Å². The second-order valence-corrected chi connectivity index (χ2v) is 4.80. The fourth-order valence-electron chi connectivity index (χ4n) is 1.36. The Morgan fingerprint density at radius 1 is 1.41 bits per heavy atom. The van der Waals surface area contributed by atoms with Gasteiger partial charge >= 0.3 is 0 Å². The summed E-state index contributed by atoms with van der Waals surface area (Å²) < 4.78 is 5.18. The SMILES string of the molecule is COc1c(Cl)cc(Cl)cc1CNC(=O)C(C)C. The van der Waals surface area contributed by atoms with Gasteiger partial charge in [-0.25, -0.2) is 0 Å². The first kappa shape index (κ1) is 14.1. The molecule has 3 nitrogen and oxygen atoms in total. The molecule has 0 aromatic heterocycles. The lowest BCUT2D eigenvalue weighted by atomic mass is 10.1. The number of carbonyl (C=O) groups is 1. The predicted octanol–water partition coefficient (Wildman–Crippen LogP) is 3.27. The van der Waals surface area contributed by atoms with E-state index in [2.05, 4.69) is 5.32 Å². The molecule has 0 saturated carbocycles. The average molecular weight is 276 g/mol. The monoisotopic (exact) mass is 275 g/mol. The zero-order chi connectivity index (χ0) is 13.0. The predicted molar refractivity (Wildman–Crippen MR) is 69.7 cm³/mol. The minimum absolute atomic E-state index is 0.0249. The maximum absolute atomic E-state index is 11.5. The lowest BCUT2D eigenvalue weighted by Gasteiger charge is -2.13. The van der Waals surface area contributed by atoms with Crippen LogP contribution in [0.4, 0.5) is 0 Å². The van der Waals surface area contributed by atoms with E-state index in [1.54, 1.807) is 12.1 Å². The fourth-order valence-corrected chi connectivity index (χ4v) is 1.97. The molecular weight excluding hydrogens is 261 g/mol. The Labute approximate surface area is 111 Å². The number of halogens is 2. The Morgan fingerprint density at radius 3 is 2.59 bits per heavy atom. The summed E-state index contributed by atoms with van der Waals surface area (Å²) in [5.41, 5.74) is 0.763. The molecule has 0 spiro atoms. The van der Waals surface area contributed by atoms with E-state index >= 15 is 0 Å². The van der Waals surface area contributed by atoms with E-state index in [1.807, 2.05) is 13.8 Å². The van der Waals surface area contributed by atoms with E-state index in [-0.39, 0.29) is 11.8 Å². The van der Waals surface area contributed by atoms with Gasteiger partial charge in [0, 0.05) is 23.0 Å². The van der Waals surface area contributed by atoms with Crippen LogP contribution >= 0.6 is 23.2 Å². The maximum Gasteiger partial charge on any atom is 0.222 e. The first-order valence-corrected chi connectivity index (χ1v) is 6.01. The summed E-state index contributed by atoms with van der Waals surface area (Å²) in [6.45, 7) is 4.01. The second kappa shape index (κ2) is 6.12. The van der Waals surface area contributed by atoms with E-state index in [4.69, 9.17) is 27.9 Å². The smallest absolute Gasteiger partial charge is 0.222 e. The molecular formula is C12H15Cl2NO2. The second-order valence-electron chi connectivity index (χ2n) is 3.95. The molecule has 5 heteroatoms. The van der Waals surface area contributed by atoms with E-state index in [1.165, 1.54) is 7.11 Å². The number of hydrogen-bond donors (Lipinski definition) is 1. The van der Waals surface area contributed by atoms with Crippen LogP contribution in [0.3, 0.4) is 0 Å². The Morgan fingerprint density at radius 2 is 2.06 bits per heavy atom. The van der Waals surface area contributed by atoms with Gasteiger partial charge in [-0.15, -0.1) is 0 Å². The molecule has 1 aromatic rings. The molecule has 17 heavy (non-hydrogen) atoms.